The second-order valence-electron chi connectivity index (χ2n) is 3.65. The molecule has 2 aromatic carbocycles. The summed E-state index contributed by atoms with van der Waals surface area (Å²) >= 11 is 0. The Hall–Kier alpha value is -2.38. The predicted octanol–water partition coefficient (Wildman–Crippen LogP) is 2.98. The van der Waals surface area contributed by atoms with E-state index in [4.69, 9.17) is 15.1 Å². The van der Waals surface area contributed by atoms with Crippen LogP contribution in [0.5, 0.6) is 11.5 Å². The maximum Gasteiger partial charge on any atom is 0.133 e. The van der Waals surface area contributed by atoms with Crippen molar-refractivity contribution in [2.45, 2.75) is 6.61 Å². The summed E-state index contributed by atoms with van der Waals surface area (Å²) in [6.45, 7) is -0.302. The van der Waals surface area contributed by atoms with E-state index in [-0.39, 0.29) is 6.61 Å². The number of ether oxygens (including phenoxy) is 1. The fourth-order valence-electron chi connectivity index (χ4n) is 1.50. The summed E-state index contributed by atoms with van der Waals surface area (Å²) in [6.07, 6.45) is 0. The van der Waals surface area contributed by atoms with Crippen LogP contribution in [-0.4, -0.2) is 5.11 Å². The van der Waals surface area contributed by atoms with Crippen molar-refractivity contribution in [2.75, 3.05) is 0 Å². The van der Waals surface area contributed by atoms with Crippen molar-refractivity contribution in [3.8, 4) is 17.6 Å². The van der Waals surface area contributed by atoms with Gasteiger partial charge in [-0.1, -0.05) is 0 Å². The lowest BCUT2D eigenvalue weighted by atomic mass is 10.2. The summed E-state index contributed by atoms with van der Waals surface area (Å²) in [5.74, 6) is 0.491. The molecule has 0 aliphatic heterocycles. The van der Waals surface area contributed by atoms with Crippen molar-refractivity contribution < 1.29 is 14.2 Å². The molecule has 2 rings (SSSR count). The Morgan fingerprint density at radius 1 is 1.17 bits per heavy atom. The summed E-state index contributed by atoms with van der Waals surface area (Å²) in [6, 6.07) is 12.5. The van der Waals surface area contributed by atoms with E-state index in [0.29, 0.717) is 22.6 Å². The van der Waals surface area contributed by atoms with Crippen LogP contribution in [0, 0.1) is 17.1 Å². The third-order valence-corrected chi connectivity index (χ3v) is 2.40. The van der Waals surface area contributed by atoms with E-state index in [2.05, 4.69) is 0 Å². The molecule has 1 N–H and O–H groups in total. The van der Waals surface area contributed by atoms with Gasteiger partial charge in [0.25, 0.3) is 0 Å². The standard InChI is InChI=1S/C14H10FNO2/c15-12-3-6-14(11(7-12)9-17)18-13-4-1-10(8-16)2-5-13/h1-7,17H,9H2. The van der Waals surface area contributed by atoms with Gasteiger partial charge in [0, 0.05) is 5.56 Å². The first-order chi connectivity index (χ1) is 8.72. The molecule has 0 saturated carbocycles. The molecule has 0 spiro atoms. The second kappa shape index (κ2) is 5.30. The molecule has 0 radical (unpaired) electrons. The first kappa shape index (κ1) is 12.1. The topological polar surface area (TPSA) is 53.2 Å². The number of nitrogens with zero attached hydrogens (tertiary/aromatic N) is 1. The van der Waals surface area contributed by atoms with Crippen LogP contribution in [0.25, 0.3) is 0 Å². The first-order valence-corrected chi connectivity index (χ1v) is 5.30. The number of benzene rings is 2. The summed E-state index contributed by atoms with van der Waals surface area (Å²) in [5.41, 5.74) is 0.906. The van der Waals surface area contributed by atoms with Gasteiger partial charge < -0.3 is 9.84 Å². The van der Waals surface area contributed by atoms with Crippen LogP contribution in [0.1, 0.15) is 11.1 Å². The molecular formula is C14H10FNO2. The van der Waals surface area contributed by atoms with Crippen molar-refractivity contribution in [1.82, 2.24) is 0 Å². The minimum Gasteiger partial charge on any atom is -0.457 e. The first-order valence-electron chi connectivity index (χ1n) is 5.30. The molecule has 4 heteroatoms. The molecule has 18 heavy (non-hydrogen) atoms. The average Bonchev–Trinajstić information content (AvgIpc) is 2.41. The molecule has 0 fully saturated rings. The van der Waals surface area contributed by atoms with Gasteiger partial charge in [0.1, 0.15) is 17.3 Å². The van der Waals surface area contributed by atoms with Crippen LogP contribution in [0.4, 0.5) is 4.39 Å². The van der Waals surface area contributed by atoms with Crippen LogP contribution in [-0.2, 0) is 6.61 Å². The lowest BCUT2D eigenvalue weighted by Crippen LogP contribution is -1.93. The number of aliphatic hydroxyl groups is 1. The predicted molar refractivity (Wildman–Crippen MR) is 63.6 cm³/mol. The monoisotopic (exact) mass is 243 g/mol. The number of hydrogen-bond acceptors (Lipinski definition) is 3. The van der Waals surface area contributed by atoms with Crippen molar-refractivity contribution in [3.63, 3.8) is 0 Å². The lowest BCUT2D eigenvalue weighted by molar-refractivity contribution is 0.276. The van der Waals surface area contributed by atoms with E-state index >= 15 is 0 Å². The van der Waals surface area contributed by atoms with Gasteiger partial charge in [-0.25, -0.2) is 4.39 Å². The van der Waals surface area contributed by atoms with E-state index in [9.17, 15) is 4.39 Å². The van der Waals surface area contributed by atoms with Crippen molar-refractivity contribution in [3.05, 3.63) is 59.4 Å². The smallest absolute Gasteiger partial charge is 0.133 e. The number of nitriles is 1. The molecule has 0 saturated heterocycles. The third kappa shape index (κ3) is 2.65. The molecule has 3 nitrogen and oxygen atoms in total. The normalized spacial score (nSPS) is 9.83. The Bertz CT molecular complexity index is 588. The number of rotatable bonds is 3. The Balaban J connectivity index is 2.25. The molecule has 90 valence electrons. The molecule has 0 atom stereocenters. The van der Waals surface area contributed by atoms with Crippen LogP contribution in [0.2, 0.25) is 0 Å². The molecular weight excluding hydrogens is 233 g/mol. The zero-order valence-corrected chi connectivity index (χ0v) is 9.43. The van der Waals surface area contributed by atoms with Crippen molar-refractivity contribution >= 4 is 0 Å². The molecule has 0 amide bonds. The molecule has 0 bridgehead atoms. The van der Waals surface area contributed by atoms with Gasteiger partial charge in [-0.2, -0.15) is 5.26 Å². The van der Waals surface area contributed by atoms with Crippen LogP contribution < -0.4 is 4.74 Å². The van der Waals surface area contributed by atoms with Crippen molar-refractivity contribution in [2.24, 2.45) is 0 Å². The summed E-state index contributed by atoms with van der Waals surface area (Å²) < 4.78 is 18.5. The van der Waals surface area contributed by atoms with Crippen LogP contribution in [0.15, 0.2) is 42.5 Å². The molecule has 2 aromatic rings. The molecule has 0 heterocycles. The minimum atomic E-state index is -0.425. The maximum absolute atomic E-state index is 13.0. The summed E-state index contributed by atoms with van der Waals surface area (Å²) in [5, 5.41) is 17.8. The molecule has 0 unspecified atom stereocenters. The second-order valence-corrected chi connectivity index (χ2v) is 3.65. The van der Waals surface area contributed by atoms with E-state index < -0.39 is 5.82 Å². The minimum absolute atomic E-state index is 0.302. The Labute approximate surface area is 104 Å². The Morgan fingerprint density at radius 3 is 2.50 bits per heavy atom. The van der Waals surface area contributed by atoms with Gasteiger partial charge in [0.05, 0.1) is 18.2 Å². The molecule has 0 aromatic heterocycles. The van der Waals surface area contributed by atoms with Crippen LogP contribution >= 0.6 is 0 Å². The highest BCUT2D eigenvalue weighted by molar-refractivity contribution is 5.40. The highest BCUT2D eigenvalue weighted by Gasteiger charge is 2.05. The van der Waals surface area contributed by atoms with E-state index in [1.807, 2.05) is 6.07 Å². The fourth-order valence-corrected chi connectivity index (χ4v) is 1.50. The number of aliphatic hydroxyl groups excluding tert-OH is 1. The molecule has 0 aliphatic carbocycles. The van der Waals surface area contributed by atoms with Gasteiger partial charge in [0.2, 0.25) is 0 Å². The van der Waals surface area contributed by atoms with E-state index in [1.165, 1.54) is 18.2 Å². The zero-order chi connectivity index (χ0) is 13.0. The Kier molecular flexibility index (Phi) is 3.56. The zero-order valence-electron chi connectivity index (χ0n) is 9.43. The summed E-state index contributed by atoms with van der Waals surface area (Å²) in [4.78, 5) is 0. The SMILES string of the molecule is N#Cc1ccc(Oc2ccc(F)cc2CO)cc1. The Morgan fingerprint density at radius 2 is 1.89 bits per heavy atom. The van der Waals surface area contributed by atoms with E-state index in [1.54, 1.807) is 24.3 Å². The average molecular weight is 243 g/mol. The largest absolute Gasteiger partial charge is 0.457 e. The highest BCUT2D eigenvalue weighted by Crippen LogP contribution is 2.26. The number of halogens is 1. The van der Waals surface area contributed by atoms with Crippen LogP contribution in [0.3, 0.4) is 0 Å². The van der Waals surface area contributed by atoms with Crippen molar-refractivity contribution in [1.29, 1.82) is 5.26 Å². The fraction of sp³-hybridized carbons (Fsp3) is 0.0714. The third-order valence-electron chi connectivity index (χ3n) is 2.40. The van der Waals surface area contributed by atoms with Gasteiger partial charge in [-0.05, 0) is 42.5 Å². The quantitative estimate of drug-likeness (QED) is 0.901. The lowest BCUT2D eigenvalue weighted by Gasteiger charge is -2.09. The molecule has 0 aliphatic rings. The number of hydrogen-bond donors (Lipinski definition) is 1. The highest BCUT2D eigenvalue weighted by atomic mass is 19.1. The van der Waals surface area contributed by atoms with Gasteiger partial charge in [-0.15, -0.1) is 0 Å². The van der Waals surface area contributed by atoms with Gasteiger partial charge in [0.15, 0.2) is 0 Å². The maximum atomic E-state index is 13.0. The van der Waals surface area contributed by atoms with Gasteiger partial charge >= 0.3 is 0 Å². The van der Waals surface area contributed by atoms with Gasteiger partial charge in [-0.3, -0.25) is 0 Å². The summed E-state index contributed by atoms with van der Waals surface area (Å²) in [7, 11) is 0. The van der Waals surface area contributed by atoms with E-state index in [0.717, 1.165) is 0 Å².